The number of hydrogen-bond acceptors (Lipinski definition) is 2. The van der Waals surface area contributed by atoms with Gasteiger partial charge in [-0.1, -0.05) is 32.0 Å². The maximum atomic E-state index is 6.16. The maximum absolute atomic E-state index is 6.16. The molecule has 1 heterocycles. The molecule has 1 aromatic carbocycles. The molecule has 2 heteroatoms. The van der Waals surface area contributed by atoms with E-state index in [9.17, 15) is 0 Å². The van der Waals surface area contributed by atoms with Crippen LogP contribution in [0, 0.1) is 5.92 Å². The zero-order chi connectivity index (χ0) is 11.5. The van der Waals surface area contributed by atoms with E-state index in [-0.39, 0.29) is 0 Å². The van der Waals surface area contributed by atoms with Gasteiger partial charge in [0.15, 0.2) is 0 Å². The zero-order valence-corrected chi connectivity index (χ0v) is 10.1. The van der Waals surface area contributed by atoms with Gasteiger partial charge in [0, 0.05) is 17.5 Å². The first-order valence-corrected chi connectivity index (χ1v) is 6.14. The Labute approximate surface area is 97.8 Å². The van der Waals surface area contributed by atoms with E-state index >= 15 is 0 Å². The number of nitrogens with two attached hydrogens (primary N) is 1. The van der Waals surface area contributed by atoms with Crippen LogP contribution < -0.4 is 10.5 Å². The fourth-order valence-electron chi connectivity index (χ4n) is 2.49. The first-order valence-electron chi connectivity index (χ1n) is 6.14. The van der Waals surface area contributed by atoms with Crippen molar-refractivity contribution in [3.8, 4) is 5.75 Å². The molecule has 1 aromatic rings. The summed E-state index contributed by atoms with van der Waals surface area (Å²) in [6.45, 7) is 5.24. The third-order valence-electron chi connectivity index (χ3n) is 3.16. The van der Waals surface area contributed by atoms with Crippen molar-refractivity contribution in [2.45, 2.75) is 38.6 Å². The Hall–Kier alpha value is -1.02. The summed E-state index contributed by atoms with van der Waals surface area (Å²) < 4.78 is 5.66. The second-order valence-corrected chi connectivity index (χ2v) is 5.17. The Kier molecular flexibility index (Phi) is 3.49. The molecule has 0 aromatic heterocycles. The molecule has 0 amide bonds. The molecule has 88 valence electrons. The molecule has 0 aliphatic carbocycles. The molecular weight excluding hydrogens is 198 g/mol. The van der Waals surface area contributed by atoms with E-state index in [1.54, 1.807) is 0 Å². The molecule has 1 aliphatic heterocycles. The molecule has 0 spiro atoms. The van der Waals surface area contributed by atoms with Gasteiger partial charge < -0.3 is 10.5 Å². The molecule has 2 N–H and O–H groups in total. The summed E-state index contributed by atoms with van der Waals surface area (Å²) in [7, 11) is 0. The molecule has 2 unspecified atom stereocenters. The minimum absolute atomic E-state index is 0.291. The van der Waals surface area contributed by atoms with Gasteiger partial charge in [-0.25, -0.2) is 0 Å². The van der Waals surface area contributed by atoms with E-state index < -0.39 is 0 Å². The van der Waals surface area contributed by atoms with Crippen molar-refractivity contribution in [3.63, 3.8) is 0 Å². The van der Waals surface area contributed by atoms with E-state index in [0.717, 1.165) is 25.2 Å². The first-order chi connectivity index (χ1) is 7.66. The van der Waals surface area contributed by atoms with E-state index in [1.165, 1.54) is 5.56 Å². The van der Waals surface area contributed by atoms with Crippen molar-refractivity contribution in [1.29, 1.82) is 0 Å². The number of rotatable bonds is 4. The zero-order valence-electron chi connectivity index (χ0n) is 10.1. The third kappa shape index (κ3) is 2.56. The van der Waals surface area contributed by atoms with Crippen LogP contribution in [-0.2, 0) is 0 Å². The van der Waals surface area contributed by atoms with Crippen LogP contribution in [0.5, 0.6) is 5.75 Å². The average Bonchev–Trinajstić information content (AvgIpc) is 2.61. The fraction of sp³-hybridized carbons (Fsp3) is 0.571. The second-order valence-electron chi connectivity index (χ2n) is 5.17. The summed E-state index contributed by atoms with van der Waals surface area (Å²) in [5.74, 6) is 2.21. The van der Waals surface area contributed by atoms with Crippen molar-refractivity contribution in [2.24, 2.45) is 11.7 Å². The minimum Gasteiger partial charge on any atom is -0.493 e. The summed E-state index contributed by atoms with van der Waals surface area (Å²) in [6.07, 6.45) is 2.13. The van der Waals surface area contributed by atoms with Crippen LogP contribution in [0.15, 0.2) is 24.3 Å². The number of hydrogen-bond donors (Lipinski definition) is 1. The molecule has 0 saturated carbocycles. The highest BCUT2D eigenvalue weighted by atomic mass is 16.5. The quantitative estimate of drug-likeness (QED) is 0.845. The van der Waals surface area contributed by atoms with E-state index in [1.807, 2.05) is 12.1 Å². The van der Waals surface area contributed by atoms with E-state index in [2.05, 4.69) is 26.0 Å². The van der Waals surface area contributed by atoms with Crippen LogP contribution in [0.3, 0.4) is 0 Å². The Bertz CT molecular complexity index is 348. The first kappa shape index (κ1) is 11.5. The van der Waals surface area contributed by atoms with Crippen LogP contribution in [-0.4, -0.2) is 12.6 Å². The van der Waals surface area contributed by atoms with Gasteiger partial charge in [0.2, 0.25) is 0 Å². The van der Waals surface area contributed by atoms with Gasteiger partial charge in [0.05, 0.1) is 6.61 Å². The topological polar surface area (TPSA) is 35.2 Å². The maximum Gasteiger partial charge on any atom is 0.122 e. The highest BCUT2D eigenvalue weighted by Crippen LogP contribution is 2.36. The molecular formula is C14H21NO. The number of fused-ring (bicyclic) bond motifs is 1. The van der Waals surface area contributed by atoms with Gasteiger partial charge in [-0.2, -0.15) is 0 Å². The van der Waals surface area contributed by atoms with Crippen LogP contribution in [0.2, 0.25) is 0 Å². The van der Waals surface area contributed by atoms with Crippen LogP contribution in [0.4, 0.5) is 0 Å². The smallest absolute Gasteiger partial charge is 0.122 e. The molecule has 0 radical (unpaired) electrons. The molecule has 0 saturated heterocycles. The van der Waals surface area contributed by atoms with Gasteiger partial charge in [0.1, 0.15) is 5.75 Å². The highest BCUT2D eigenvalue weighted by molar-refractivity contribution is 5.39. The van der Waals surface area contributed by atoms with Crippen molar-refractivity contribution in [3.05, 3.63) is 29.8 Å². The molecule has 2 atom stereocenters. The van der Waals surface area contributed by atoms with Crippen LogP contribution >= 0.6 is 0 Å². The number of ether oxygens (including phenoxy) is 1. The summed E-state index contributed by atoms with van der Waals surface area (Å²) >= 11 is 0. The van der Waals surface area contributed by atoms with Gasteiger partial charge >= 0.3 is 0 Å². The normalized spacial score (nSPS) is 20.6. The average molecular weight is 219 g/mol. The molecule has 0 bridgehead atoms. The third-order valence-corrected chi connectivity index (χ3v) is 3.16. The Morgan fingerprint density at radius 2 is 2.12 bits per heavy atom. The summed E-state index contributed by atoms with van der Waals surface area (Å²) in [5, 5.41) is 0. The predicted molar refractivity (Wildman–Crippen MR) is 66.7 cm³/mol. The van der Waals surface area contributed by atoms with Gasteiger partial charge in [-0.05, 0) is 24.8 Å². The lowest BCUT2D eigenvalue weighted by Crippen LogP contribution is -2.25. The van der Waals surface area contributed by atoms with Crippen molar-refractivity contribution in [2.75, 3.05) is 6.61 Å². The standard InChI is InChI=1S/C14H21NO/c1-10(2)7-12(15)8-11-9-16-14-6-4-3-5-13(11)14/h3-6,10-12H,7-9,15H2,1-2H3. The van der Waals surface area contributed by atoms with Crippen LogP contribution in [0.25, 0.3) is 0 Å². The lowest BCUT2D eigenvalue weighted by Gasteiger charge is -2.17. The summed E-state index contributed by atoms with van der Waals surface area (Å²) in [5.41, 5.74) is 7.49. The Morgan fingerprint density at radius 1 is 1.38 bits per heavy atom. The van der Waals surface area contributed by atoms with E-state index in [0.29, 0.717) is 17.9 Å². The lowest BCUT2D eigenvalue weighted by molar-refractivity contribution is 0.312. The second kappa shape index (κ2) is 4.88. The molecule has 16 heavy (non-hydrogen) atoms. The Morgan fingerprint density at radius 3 is 2.88 bits per heavy atom. The van der Waals surface area contributed by atoms with Crippen molar-refractivity contribution >= 4 is 0 Å². The minimum atomic E-state index is 0.291. The number of benzene rings is 1. The largest absolute Gasteiger partial charge is 0.493 e. The number of para-hydroxylation sites is 1. The van der Waals surface area contributed by atoms with Crippen LogP contribution in [0.1, 0.15) is 38.2 Å². The summed E-state index contributed by atoms with van der Waals surface area (Å²) in [4.78, 5) is 0. The molecule has 2 nitrogen and oxygen atoms in total. The van der Waals surface area contributed by atoms with Crippen molar-refractivity contribution in [1.82, 2.24) is 0 Å². The lowest BCUT2D eigenvalue weighted by atomic mass is 9.91. The molecule has 0 fully saturated rings. The van der Waals surface area contributed by atoms with Gasteiger partial charge in [-0.3, -0.25) is 0 Å². The van der Waals surface area contributed by atoms with Gasteiger partial charge in [0.25, 0.3) is 0 Å². The van der Waals surface area contributed by atoms with Crippen molar-refractivity contribution < 1.29 is 4.74 Å². The van der Waals surface area contributed by atoms with E-state index in [4.69, 9.17) is 10.5 Å². The highest BCUT2D eigenvalue weighted by Gasteiger charge is 2.25. The predicted octanol–water partition coefficient (Wildman–Crippen LogP) is 2.93. The Balaban J connectivity index is 1.98. The monoisotopic (exact) mass is 219 g/mol. The van der Waals surface area contributed by atoms with Gasteiger partial charge in [-0.15, -0.1) is 0 Å². The SMILES string of the molecule is CC(C)CC(N)CC1COc2ccccc21. The summed E-state index contributed by atoms with van der Waals surface area (Å²) in [6, 6.07) is 8.60. The molecule has 1 aliphatic rings. The fourth-order valence-corrected chi connectivity index (χ4v) is 2.49. The molecule has 2 rings (SSSR count).